The summed E-state index contributed by atoms with van der Waals surface area (Å²) in [6.07, 6.45) is 1.02. The lowest BCUT2D eigenvalue weighted by Gasteiger charge is -2.14. The molecular weight excluding hydrogens is 420 g/mol. The maximum atomic E-state index is 12.9. The van der Waals surface area contributed by atoms with Crippen molar-refractivity contribution in [2.24, 2.45) is 0 Å². The lowest BCUT2D eigenvalue weighted by molar-refractivity contribution is -0.118. The Labute approximate surface area is 191 Å². The number of hydrogen-bond acceptors (Lipinski definition) is 6. The number of carbonyl (C=O) groups excluding carboxylic acids is 1. The Hall–Kier alpha value is -4.13. The molecule has 3 aromatic carbocycles. The van der Waals surface area contributed by atoms with Crippen LogP contribution in [0, 0.1) is 0 Å². The van der Waals surface area contributed by atoms with Crippen molar-refractivity contribution >= 4 is 5.78 Å². The first-order valence-corrected chi connectivity index (χ1v) is 10.6. The first kappa shape index (κ1) is 22.1. The van der Waals surface area contributed by atoms with E-state index in [2.05, 4.69) is 14.7 Å². The Morgan fingerprint density at radius 3 is 2.18 bits per heavy atom. The first-order chi connectivity index (χ1) is 16.1. The molecule has 1 unspecified atom stereocenters. The van der Waals surface area contributed by atoms with Crippen LogP contribution >= 0.6 is 0 Å². The van der Waals surface area contributed by atoms with Crippen LogP contribution in [-0.2, 0) is 17.6 Å². The van der Waals surface area contributed by atoms with E-state index in [9.17, 15) is 9.59 Å². The van der Waals surface area contributed by atoms with Gasteiger partial charge in [0.2, 0.25) is 0 Å². The van der Waals surface area contributed by atoms with Crippen LogP contribution < -0.4 is 15.2 Å². The quantitative estimate of drug-likeness (QED) is 0.381. The third-order valence-electron chi connectivity index (χ3n) is 5.26. The van der Waals surface area contributed by atoms with E-state index in [4.69, 9.17) is 9.47 Å². The second-order valence-corrected chi connectivity index (χ2v) is 7.71. The van der Waals surface area contributed by atoms with Crippen molar-refractivity contribution in [3.63, 3.8) is 0 Å². The van der Waals surface area contributed by atoms with Gasteiger partial charge >= 0.3 is 5.76 Å². The number of ketones is 1. The lowest BCUT2D eigenvalue weighted by Crippen LogP contribution is -2.14. The highest BCUT2D eigenvalue weighted by atomic mass is 16.5. The van der Waals surface area contributed by atoms with Crippen molar-refractivity contribution in [1.29, 1.82) is 0 Å². The summed E-state index contributed by atoms with van der Waals surface area (Å²) < 4.78 is 15.7. The molecule has 0 radical (unpaired) electrons. The average molecular weight is 444 g/mol. The molecule has 0 bridgehead atoms. The predicted octanol–water partition coefficient (Wildman–Crippen LogP) is 4.69. The molecule has 7 heteroatoms. The van der Waals surface area contributed by atoms with Crippen LogP contribution in [0.1, 0.15) is 29.3 Å². The molecule has 168 valence electrons. The molecule has 0 spiro atoms. The van der Waals surface area contributed by atoms with E-state index in [0.29, 0.717) is 18.0 Å². The van der Waals surface area contributed by atoms with Gasteiger partial charge in [-0.1, -0.05) is 47.6 Å². The largest absolute Gasteiger partial charge is 0.497 e. The van der Waals surface area contributed by atoms with Crippen LogP contribution in [0.5, 0.6) is 17.2 Å². The smallest absolute Gasteiger partial charge is 0.438 e. The minimum absolute atomic E-state index is 0.0362. The Morgan fingerprint density at radius 1 is 0.909 bits per heavy atom. The van der Waals surface area contributed by atoms with Crippen LogP contribution in [0.4, 0.5) is 0 Å². The molecule has 0 aliphatic rings. The number of Topliss-reactive ketones (excluding diaryl/α,β-unsaturated/α-hetero) is 1. The number of benzene rings is 3. The fraction of sp³-hybridized carbons (Fsp3) is 0.192. The van der Waals surface area contributed by atoms with E-state index in [0.717, 1.165) is 22.6 Å². The number of aromatic amines is 1. The highest BCUT2D eigenvalue weighted by Gasteiger charge is 2.21. The first-order valence-electron chi connectivity index (χ1n) is 10.6. The van der Waals surface area contributed by atoms with Crippen molar-refractivity contribution < 1.29 is 18.8 Å². The zero-order valence-electron chi connectivity index (χ0n) is 18.2. The minimum atomic E-state index is -0.633. The van der Waals surface area contributed by atoms with E-state index < -0.39 is 5.76 Å². The van der Waals surface area contributed by atoms with Crippen molar-refractivity contribution in [2.75, 3.05) is 7.11 Å². The topological polar surface area (TPSA) is 94.4 Å². The van der Waals surface area contributed by atoms with Crippen LogP contribution in [0.2, 0.25) is 0 Å². The van der Waals surface area contributed by atoms with Gasteiger partial charge in [0.05, 0.1) is 7.11 Å². The number of hydrogen-bond donors (Lipinski definition) is 1. The summed E-state index contributed by atoms with van der Waals surface area (Å²) in [4.78, 5) is 26.9. The molecule has 1 atom stereocenters. The second-order valence-electron chi connectivity index (χ2n) is 7.71. The van der Waals surface area contributed by atoms with Gasteiger partial charge in [0.15, 0.2) is 5.82 Å². The molecule has 1 aromatic heterocycles. The molecule has 1 N–H and O–H groups in total. The van der Waals surface area contributed by atoms with Gasteiger partial charge in [-0.05, 0) is 53.9 Å². The molecule has 0 aliphatic carbocycles. The van der Waals surface area contributed by atoms with E-state index in [1.54, 1.807) is 7.11 Å². The molecule has 4 rings (SSSR count). The Morgan fingerprint density at radius 2 is 1.55 bits per heavy atom. The standard InChI is InChI=1S/C26H24N2O5/c1-31-22-11-7-18(8-12-22)15-20(25-27-26(30)33-28-25)17-21(29)16-19-9-13-24(14-10-19)32-23-5-3-2-4-6-23/h2-14,20H,15-17H2,1H3,(H,27,28,30). The fourth-order valence-electron chi connectivity index (χ4n) is 3.60. The van der Waals surface area contributed by atoms with Gasteiger partial charge in [0.25, 0.3) is 0 Å². The summed E-state index contributed by atoms with van der Waals surface area (Å²) >= 11 is 0. The summed E-state index contributed by atoms with van der Waals surface area (Å²) in [6, 6.07) is 24.6. The van der Waals surface area contributed by atoms with Gasteiger partial charge in [-0.15, -0.1) is 0 Å². The number of nitrogens with one attached hydrogen (secondary N) is 1. The number of H-pyrrole nitrogens is 1. The molecule has 0 fully saturated rings. The van der Waals surface area contributed by atoms with E-state index in [1.807, 2.05) is 78.9 Å². The average Bonchev–Trinajstić information content (AvgIpc) is 3.27. The Bertz CT molecular complexity index is 1230. The van der Waals surface area contributed by atoms with E-state index >= 15 is 0 Å². The van der Waals surface area contributed by atoms with Crippen LogP contribution in [0.25, 0.3) is 0 Å². The van der Waals surface area contributed by atoms with Gasteiger partial charge in [-0.25, -0.2) is 4.79 Å². The molecule has 0 amide bonds. The summed E-state index contributed by atoms with van der Waals surface area (Å²) in [6.45, 7) is 0. The summed E-state index contributed by atoms with van der Waals surface area (Å²) in [5.41, 5.74) is 1.89. The lowest BCUT2D eigenvalue weighted by atomic mass is 9.91. The summed E-state index contributed by atoms with van der Waals surface area (Å²) in [5.74, 6) is 1.68. The Kier molecular flexibility index (Phi) is 6.99. The summed E-state index contributed by atoms with van der Waals surface area (Å²) in [7, 11) is 1.61. The number of methoxy groups -OCH3 is 1. The van der Waals surface area contributed by atoms with Crippen LogP contribution in [0.3, 0.4) is 0 Å². The third kappa shape index (κ3) is 6.20. The van der Waals surface area contributed by atoms with Gasteiger partial charge < -0.3 is 9.47 Å². The van der Waals surface area contributed by atoms with Gasteiger partial charge in [-0.3, -0.25) is 14.3 Å². The maximum absolute atomic E-state index is 12.9. The van der Waals surface area contributed by atoms with Crippen LogP contribution in [0.15, 0.2) is 88.2 Å². The van der Waals surface area contributed by atoms with Crippen molar-refractivity contribution in [3.8, 4) is 17.2 Å². The number of aromatic nitrogens is 2. The number of nitrogens with zero attached hydrogens (tertiary/aromatic N) is 1. The molecule has 4 aromatic rings. The number of rotatable bonds is 10. The minimum Gasteiger partial charge on any atom is -0.497 e. The monoisotopic (exact) mass is 444 g/mol. The molecule has 33 heavy (non-hydrogen) atoms. The van der Waals surface area contributed by atoms with E-state index in [1.165, 1.54) is 0 Å². The third-order valence-corrected chi connectivity index (χ3v) is 5.26. The molecule has 1 heterocycles. The zero-order chi connectivity index (χ0) is 23.0. The fourth-order valence-corrected chi connectivity index (χ4v) is 3.60. The van der Waals surface area contributed by atoms with Crippen molar-refractivity contribution in [3.05, 3.63) is 106 Å². The highest BCUT2D eigenvalue weighted by Crippen LogP contribution is 2.25. The van der Waals surface area contributed by atoms with Crippen LogP contribution in [-0.4, -0.2) is 23.0 Å². The van der Waals surface area contributed by atoms with Gasteiger partial charge in [-0.2, -0.15) is 0 Å². The molecule has 0 saturated heterocycles. The van der Waals surface area contributed by atoms with Gasteiger partial charge in [0.1, 0.15) is 23.0 Å². The normalized spacial score (nSPS) is 11.7. The molecular formula is C26H24N2O5. The zero-order valence-corrected chi connectivity index (χ0v) is 18.2. The van der Waals surface area contributed by atoms with Gasteiger partial charge in [0, 0.05) is 18.8 Å². The SMILES string of the molecule is COc1ccc(CC(CC(=O)Cc2ccc(Oc3ccccc3)cc2)c2noc(=O)[nH]2)cc1. The predicted molar refractivity (Wildman–Crippen MR) is 123 cm³/mol. The molecule has 7 nitrogen and oxygen atoms in total. The number of para-hydroxylation sites is 1. The van der Waals surface area contributed by atoms with E-state index in [-0.39, 0.29) is 24.5 Å². The van der Waals surface area contributed by atoms with Crippen molar-refractivity contribution in [2.45, 2.75) is 25.2 Å². The second kappa shape index (κ2) is 10.5. The molecule has 0 saturated carbocycles. The maximum Gasteiger partial charge on any atom is 0.438 e. The Balaban J connectivity index is 1.41. The number of carbonyl (C=O) groups is 1. The molecule has 0 aliphatic heterocycles. The van der Waals surface area contributed by atoms with Crippen molar-refractivity contribution in [1.82, 2.24) is 10.1 Å². The summed E-state index contributed by atoms with van der Waals surface area (Å²) in [5, 5.41) is 3.82. The number of ether oxygens (including phenoxy) is 2. The highest BCUT2D eigenvalue weighted by molar-refractivity contribution is 5.81.